The van der Waals surface area contributed by atoms with Gasteiger partial charge in [-0.1, -0.05) is 199 Å². The second kappa shape index (κ2) is 28.8. The van der Waals surface area contributed by atoms with Crippen LogP contribution in [0.5, 0.6) is 0 Å². The topological polar surface area (TPSA) is 0 Å². The van der Waals surface area contributed by atoms with Gasteiger partial charge in [0.2, 0.25) is 0 Å². The zero-order valence-corrected chi connectivity index (χ0v) is 36.2. The summed E-state index contributed by atoms with van der Waals surface area (Å²) in [5.41, 5.74) is 5.04. The van der Waals surface area contributed by atoms with Crippen LogP contribution in [0.4, 0.5) is 13.2 Å². The summed E-state index contributed by atoms with van der Waals surface area (Å²) in [5.74, 6) is 4.60. The number of benzene rings is 3. The molecule has 0 amide bonds. The Kier molecular flexibility index (Phi) is 27.4. The highest BCUT2D eigenvalue weighted by Crippen LogP contribution is 2.31. The number of hydrogen-bond donors (Lipinski definition) is 0. The average molecular weight is 753 g/mol. The smallest absolute Gasteiger partial charge is 0.161 e. The fraction of sp³-hybridized carbons (Fsp3) is 0.647. The Balaban J connectivity index is 0.000000623. The van der Waals surface area contributed by atoms with Crippen LogP contribution in [-0.2, 0) is 0 Å². The third-order valence-electron chi connectivity index (χ3n) is 11.5. The third-order valence-corrected chi connectivity index (χ3v) is 11.5. The van der Waals surface area contributed by atoms with Gasteiger partial charge in [0.1, 0.15) is 5.82 Å². The first kappa shape index (κ1) is 51.5. The van der Waals surface area contributed by atoms with Gasteiger partial charge >= 0.3 is 0 Å². The zero-order chi connectivity index (χ0) is 39.9. The van der Waals surface area contributed by atoms with Crippen LogP contribution < -0.4 is 0 Å². The van der Waals surface area contributed by atoms with E-state index in [-0.39, 0.29) is 13.2 Å². The Hall–Kier alpha value is -2.55. The standard InChI is InChI=1S/C10H20.C8H8F2.C8H9F.2C8H16.C8H10.CH4/c1-3-4-10-7-5-9(2)6-8-10;1-5-3-4-6(2)8(10)7(5)9;1-6-3-4-7(2)8(9)5-6;3*1-7-3-5-8(2)6-4-7;/h9-10H,3-8H2,1-2H3;3-4H,1-2H3;3-5H,1-2H3;2*7-8H,3-6H2,1-2H3;3-6H,1-2H3;1H4. The molecule has 308 valence electrons. The first-order valence-electron chi connectivity index (χ1n) is 21.2. The molecule has 3 aromatic rings. The van der Waals surface area contributed by atoms with E-state index in [1.807, 2.05) is 13.0 Å². The van der Waals surface area contributed by atoms with Crippen LogP contribution in [0.3, 0.4) is 0 Å². The molecule has 0 saturated heterocycles. The van der Waals surface area contributed by atoms with E-state index in [1.165, 1.54) is 121 Å². The van der Waals surface area contributed by atoms with Crippen molar-refractivity contribution in [2.75, 3.05) is 0 Å². The Morgan fingerprint density at radius 1 is 0.426 bits per heavy atom. The Morgan fingerprint density at radius 3 is 0.981 bits per heavy atom. The summed E-state index contributed by atoms with van der Waals surface area (Å²) in [6.07, 6.45) is 20.7. The van der Waals surface area contributed by atoms with Crippen LogP contribution in [-0.4, -0.2) is 0 Å². The van der Waals surface area contributed by atoms with Crippen molar-refractivity contribution in [3.05, 3.63) is 105 Å². The van der Waals surface area contributed by atoms with E-state index in [2.05, 4.69) is 79.7 Å². The summed E-state index contributed by atoms with van der Waals surface area (Å²) < 4.78 is 37.8. The molecule has 3 saturated carbocycles. The van der Waals surface area contributed by atoms with E-state index in [0.29, 0.717) is 16.7 Å². The first-order chi connectivity index (χ1) is 25.0. The fourth-order valence-corrected chi connectivity index (χ4v) is 6.96. The summed E-state index contributed by atoms with van der Waals surface area (Å²) in [4.78, 5) is 0. The predicted octanol–water partition coefficient (Wildman–Crippen LogP) is 17.2. The highest BCUT2D eigenvalue weighted by atomic mass is 19.2. The molecule has 0 unspecified atom stereocenters. The molecule has 54 heavy (non-hydrogen) atoms. The van der Waals surface area contributed by atoms with Crippen molar-refractivity contribution in [2.24, 2.45) is 35.5 Å². The molecule has 0 nitrogen and oxygen atoms in total. The molecular weight excluding hydrogens is 670 g/mol. The van der Waals surface area contributed by atoms with E-state index in [4.69, 9.17) is 0 Å². The van der Waals surface area contributed by atoms with Crippen molar-refractivity contribution in [2.45, 2.75) is 180 Å². The minimum Gasteiger partial charge on any atom is -0.207 e. The molecule has 0 radical (unpaired) electrons. The Bertz CT molecular complexity index is 1260. The highest BCUT2D eigenvalue weighted by Gasteiger charge is 2.17. The molecule has 0 atom stereocenters. The summed E-state index contributed by atoms with van der Waals surface area (Å²) >= 11 is 0. The van der Waals surface area contributed by atoms with Crippen molar-refractivity contribution in [3.63, 3.8) is 0 Å². The van der Waals surface area contributed by atoms with Crippen molar-refractivity contribution < 1.29 is 13.2 Å². The number of aryl methyl sites for hydroxylation is 6. The van der Waals surface area contributed by atoms with Crippen LogP contribution in [0.25, 0.3) is 0 Å². The fourth-order valence-electron chi connectivity index (χ4n) is 6.96. The van der Waals surface area contributed by atoms with Crippen molar-refractivity contribution in [1.29, 1.82) is 0 Å². The molecule has 0 heterocycles. The van der Waals surface area contributed by atoms with Gasteiger partial charge in [0.15, 0.2) is 11.6 Å². The second-order valence-electron chi connectivity index (χ2n) is 17.4. The maximum absolute atomic E-state index is 12.6. The van der Waals surface area contributed by atoms with Crippen molar-refractivity contribution in [3.8, 4) is 0 Å². The maximum atomic E-state index is 12.6. The zero-order valence-electron chi connectivity index (χ0n) is 36.2. The van der Waals surface area contributed by atoms with Gasteiger partial charge in [-0.2, -0.15) is 0 Å². The van der Waals surface area contributed by atoms with Gasteiger partial charge in [0.25, 0.3) is 0 Å². The van der Waals surface area contributed by atoms with E-state index in [9.17, 15) is 13.2 Å². The van der Waals surface area contributed by atoms with Gasteiger partial charge in [-0.25, -0.2) is 13.2 Å². The van der Waals surface area contributed by atoms with Crippen LogP contribution in [0, 0.1) is 94.5 Å². The first-order valence-corrected chi connectivity index (χ1v) is 21.2. The molecule has 3 heteroatoms. The molecule has 3 fully saturated rings. The minimum atomic E-state index is -0.736. The lowest BCUT2D eigenvalue weighted by atomic mass is 9.81. The van der Waals surface area contributed by atoms with Gasteiger partial charge in [-0.3, -0.25) is 0 Å². The summed E-state index contributed by atoms with van der Waals surface area (Å²) in [5, 5.41) is 0. The lowest BCUT2D eigenvalue weighted by Gasteiger charge is -2.25. The van der Waals surface area contributed by atoms with Crippen LogP contribution >= 0.6 is 0 Å². The van der Waals surface area contributed by atoms with E-state index in [0.717, 1.165) is 41.1 Å². The summed E-state index contributed by atoms with van der Waals surface area (Å²) in [7, 11) is 0. The van der Waals surface area contributed by atoms with Gasteiger partial charge in [0.05, 0.1) is 0 Å². The minimum absolute atomic E-state index is 0. The van der Waals surface area contributed by atoms with Gasteiger partial charge < -0.3 is 0 Å². The molecule has 0 bridgehead atoms. The molecule has 6 rings (SSSR count). The monoisotopic (exact) mass is 753 g/mol. The second-order valence-corrected chi connectivity index (χ2v) is 17.4. The summed E-state index contributed by atoms with van der Waals surface area (Å²) in [6.45, 7) is 25.1. The number of rotatable bonds is 2. The molecule has 0 aromatic heterocycles. The molecule has 3 aliphatic rings. The van der Waals surface area contributed by atoms with Crippen molar-refractivity contribution in [1.82, 2.24) is 0 Å². The van der Waals surface area contributed by atoms with E-state index >= 15 is 0 Å². The van der Waals surface area contributed by atoms with Gasteiger partial charge in [0, 0.05) is 0 Å². The Labute approximate surface area is 333 Å². The molecule has 0 spiro atoms. The number of halogens is 3. The molecule has 3 aliphatic carbocycles. The quantitative estimate of drug-likeness (QED) is 0.245. The SMILES string of the molecule is C.CC1CCC(C)CC1.CC1CCC(C)CC1.CCCC1CCC(C)CC1.Cc1ccc(C)c(F)c1.Cc1ccc(C)c(F)c1F.Cc1ccc(C)cc1. The van der Waals surface area contributed by atoms with Gasteiger partial charge in [-0.05, 0) is 105 Å². The normalized spacial score (nSPS) is 22.9. The number of hydrogen-bond acceptors (Lipinski definition) is 0. The lowest BCUT2D eigenvalue weighted by molar-refractivity contribution is 0.276. The lowest BCUT2D eigenvalue weighted by Crippen LogP contribution is -2.11. The Morgan fingerprint density at radius 2 is 0.704 bits per heavy atom. The maximum Gasteiger partial charge on any atom is 0.161 e. The molecule has 3 aromatic carbocycles. The highest BCUT2D eigenvalue weighted by molar-refractivity contribution is 5.24. The van der Waals surface area contributed by atoms with Crippen LogP contribution in [0.1, 0.15) is 172 Å². The van der Waals surface area contributed by atoms with E-state index in [1.54, 1.807) is 25.1 Å². The van der Waals surface area contributed by atoms with Gasteiger partial charge in [-0.15, -0.1) is 0 Å². The predicted molar refractivity (Wildman–Crippen MR) is 234 cm³/mol. The summed E-state index contributed by atoms with van der Waals surface area (Å²) in [6, 6.07) is 16.8. The van der Waals surface area contributed by atoms with Crippen LogP contribution in [0.15, 0.2) is 54.6 Å². The largest absolute Gasteiger partial charge is 0.207 e. The van der Waals surface area contributed by atoms with Crippen molar-refractivity contribution >= 4 is 0 Å². The average Bonchev–Trinajstić information content (AvgIpc) is 3.14. The molecule has 0 N–H and O–H groups in total. The third kappa shape index (κ3) is 23.4. The van der Waals surface area contributed by atoms with Crippen LogP contribution in [0.2, 0.25) is 0 Å². The molecular formula is C51H83F3. The van der Waals surface area contributed by atoms with E-state index < -0.39 is 11.6 Å². The molecule has 0 aliphatic heterocycles.